The molecule has 2 aromatic heterocycles. The summed E-state index contributed by atoms with van der Waals surface area (Å²) >= 11 is 7.94. The van der Waals surface area contributed by atoms with Gasteiger partial charge < -0.3 is 5.32 Å². The van der Waals surface area contributed by atoms with E-state index in [1.807, 2.05) is 35.6 Å². The monoisotopic (exact) mass is 467 g/mol. The van der Waals surface area contributed by atoms with Crippen molar-refractivity contribution in [1.82, 2.24) is 9.97 Å². The van der Waals surface area contributed by atoms with Crippen molar-refractivity contribution < 1.29 is 0 Å². The number of thiophene rings is 1. The van der Waals surface area contributed by atoms with Gasteiger partial charge in [-0.05, 0) is 60.2 Å². The Morgan fingerprint density at radius 3 is 2.12 bits per heavy atom. The van der Waals surface area contributed by atoms with Crippen molar-refractivity contribution in [1.29, 1.82) is 0 Å². The molecule has 3 aromatic carbocycles. The summed E-state index contributed by atoms with van der Waals surface area (Å²) in [6.45, 7) is 0. The van der Waals surface area contributed by atoms with Crippen molar-refractivity contribution in [3.8, 4) is 11.4 Å². The lowest BCUT2D eigenvalue weighted by atomic mass is 9.98. The molecule has 162 valence electrons. The first-order valence-electron chi connectivity index (χ1n) is 11.2. The van der Waals surface area contributed by atoms with Crippen LogP contribution < -0.4 is 5.32 Å². The highest BCUT2D eigenvalue weighted by atomic mass is 35.5. The molecule has 0 unspecified atom stereocenters. The van der Waals surface area contributed by atoms with Gasteiger partial charge in [0, 0.05) is 15.5 Å². The van der Waals surface area contributed by atoms with E-state index in [4.69, 9.17) is 21.6 Å². The van der Waals surface area contributed by atoms with Gasteiger partial charge in [0.2, 0.25) is 0 Å². The highest BCUT2D eigenvalue weighted by Gasteiger charge is 2.25. The van der Waals surface area contributed by atoms with Crippen LogP contribution in [0.15, 0.2) is 84.9 Å². The second-order valence-corrected chi connectivity index (χ2v) is 9.86. The second-order valence-electron chi connectivity index (χ2n) is 8.34. The average molecular weight is 468 g/mol. The zero-order valence-electron chi connectivity index (χ0n) is 18.0. The predicted molar refractivity (Wildman–Crippen MR) is 138 cm³/mol. The molecule has 0 amide bonds. The molecule has 0 aliphatic heterocycles. The van der Waals surface area contributed by atoms with E-state index >= 15 is 0 Å². The van der Waals surface area contributed by atoms with E-state index in [1.54, 1.807) is 0 Å². The lowest BCUT2D eigenvalue weighted by Crippen LogP contribution is -2.14. The molecule has 1 aliphatic rings. The molecule has 3 nitrogen and oxygen atoms in total. The number of anilines is 1. The summed E-state index contributed by atoms with van der Waals surface area (Å²) in [6, 6.07) is 28.9. The molecule has 0 atom stereocenters. The molecule has 1 N–H and O–H groups in total. The first-order valence-corrected chi connectivity index (χ1v) is 12.4. The smallest absolute Gasteiger partial charge is 0.163 e. The molecule has 33 heavy (non-hydrogen) atoms. The van der Waals surface area contributed by atoms with Gasteiger partial charge in [0.05, 0.1) is 11.4 Å². The van der Waals surface area contributed by atoms with Crippen LogP contribution in [-0.2, 0) is 12.8 Å². The summed E-state index contributed by atoms with van der Waals surface area (Å²) < 4.78 is 0. The fourth-order valence-corrected chi connectivity index (χ4v) is 6.00. The number of hydrogen-bond donors (Lipinski definition) is 1. The maximum Gasteiger partial charge on any atom is 0.163 e. The molecule has 0 fully saturated rings. The Kier molecular flexibility index (Phi) is 5.33. The standard InChI is InChI=1S/C28H22ClN3S/c29-21-16-14-20(15-17-21)26-31-27(24-22-12-7-13-23(22)33-28(24)32-26)30-25(18-8-3-1-4-9-18)19-10-5-2-6-11-19/h1-6,8-11,14-17,25H,7,12-13H2,(H,30,31,32). The maximum absolute atomic E-state index is 6.13. The molecule has 2 heterocycles. The van der Waals surface area contributed by atoms with Gasteiger partial charge in [0.25, 0.3) is 0 Å². The second kappa shape index (κ2) is 8.62. The Morgan fingerprint density at radius 2 is 1.45 bits per heavy atom. The summed E-state index contributed by atoms with van der Waals surface area (Å²) in [7, 11) is 0. The highest BCUT2D eigenvalue weighted by Crippen LogP contribution is 2.42. The molecule has 0 radical (unpaired) electrons. The van der Waals surface area contributed by atoms with E-state index < -0.39 is 0 Å². The predicted octanol–water partition coefficient (Wildman–Crippen LogP) is 7.70. The van der Waals surface area contributed by atoms with Gasteiger partial charge in [-0.25, -0.2) is 9.97 Å². The Morgan fingerprint density at radius 1 is 0.788 bits per heavy atom. The van der Waals surface area contributed by atoms with Gasteiger partial charge in [-0.2, -0.15) is 0 Å². The molecular weight excluding hydrogens is 446 g/mol. The van der Waals surface area contributed by atoms with Gasteiger partial charge >= 0.3 is 0 Å². The zero-order chi connectivity index (χ0) is 22.2. The minimum absolute atomic E-state index is 0.0134. The largest absolute Gasteiger partial charge is 0.358 e. The van der Waals surface area contributed by atoms with Crippen LogP contribution in [0.1, 0.15) is 34.0 Å². The Bertz CT molecular complexity index is 1370. The van der Waals surface area contributed by atoms with Crippen molar-refractivity contribution >= 4 is 39.0 Å². The van der Waals surface area contributed by atoms with Gasteiger partial charge in [0.1, 0.15) is 10.6 Å². The average Bonchev–Trinajstić information content (AvgIpc) is 3.45. The van der Waals surface area contributed by atoms with E-state index in [9.17, 15) is 0 Å². The summed E-state index contributed by atoms with van der Waals surface area (Å²) in [5.41, 5.74) is 4.79. The Hall–Kier alpha value is -3.21. The molecule has 1 aliphatic carbocycles. The fraction of sp³-hybridized carbons (Fsp3) is 0.143. The Labute approximate surface area is 202 Å². The first-order chi connectivity index (χ1) is 16.3. The van der Waals surface area contributed by atoms with Crippen molar-refractivity contribution in [2.75, 3.05) is 5.32 Å². The molecule has 0 spiro atoms. The lowest BCUT2D eigenvalue weighted by molar-refractivity contribution is 0.913. The Balaban J connectivity index is 1.53. The van der Waals surface area contributed by atoms with Crippen molar-refractivity contribution in [3.05, 3.63) is 112 Å². The minimum Gasteiger partial charge on any atom is -0.358 e. The maximum atomic E-state index is 6.13. The number of hydrogen-bond acceptors (Lipinski definition) is 4. The van der Waals surface area contributed by atoms with Gasteiger partial charge in [-0.1, -0.05) is 72.3 Å². The topological polar surface area (TPSA) is 37.8 Å². The van der Waals surface area contributed by atoms with Gasteiger partial charge in [0.15, 0.2) is 5.82 Å². The number of rotatable bonds is 5. The van der Waals surface area contributed by atoms with Crippen LogP contribution in [0.2, 0.25) is 5.02 Å². The van der Waals surface area contributed by atoms with Crippen LogP contribution in [-0.4, -0.2) is 9.97 Å². The van der Waals surface area contributed by atoms with E-state index in [-0.39, 0.29) is 6.04 Å². The van der Waals surface area contributed by atoms with Crippen LogP contribution in [0.25, 0.3) is 21.6 Å². The van der Waals surface area contributed by atoms with Crippen molar-refractivity contribution in [3.63, 3.8) is 0 Å². The number of benzene rings is 3. The van der Waals surface area contributed by atoms with Crippen LogP contribution in [0.4, 0.5) is 5.82 Å². The van der Waals surface area contributed by atoms with E-state index in [1.165, 1.54) is 33.4 Å². The molecule has 5 aromatic rings. The molecule has 0 saturated carbocycles. The molecular formula is C28H22ClN3S. The SMILES string of the molecule is Clc1ccc(-c2nc(NC(c3ccccc3)c3ccccc3)c3c4c(sc3n2)CCC4)cc1. The normalized spacial score (nSPS) is 12.9. The third kappa shape index (κ3) is 3.90. The number of aryl methyl sites for hydroxylation is 2. The fourth-order valence-electron chi connectivity index (χ4n) is 4.62. The molecule has 0 saturated heterocycles. The number of nitrogens with one attached hydrogen (secondary N) is 1. The van der Waals surface area contributed by atoms with E-state index in [0.29, 0.717) is 5.02 Å². The van der Waals surface area contributed by atoms with Crippen molar-refractivity contribution in [2.45, 2.75) is 25.3 Å². The third-order valence-electron chi connectivity index (χ3n) is 6.21. The summed E-state index contributed by atoms with van der Waals surface area (Å²) in [5.74, 6) is 1.63. The summed E-state index contributed by atoms with van der Waals surface area (Å²) in [6.07, 6.45) is 3.43. The zero-order valence-corrected chi connectivity index (χ0v) is 19.5. The van der Waals surface area contributed by atoms with E-state index in [0.717, 1.165) is 34.9 Å². The number of halogens is 1. The minimum atomic E-state index is -0.0134. The highest BCUT2D eigenvalue weighted by molar-refractivity contribution is 7.19. The number of aromatic nitrogens is 2. The molecule has 6 rings (SSSR count). The van der Waals surface area contributed by atoms with Crippen LogP contribution in [0, 0.1) is 0 Å². The summed E-state index contributed by atoms with van der Waals surface area (Å²) in [5, 5.41) is 5.71. The van der Waals surface area contributed by atoms with Crippen LogP contribution in [0.3, 0.4) is 0 Å². The van der Waals surface area contributed by atoms with Gasteiger partial charge in [-0.15, -0.1) is 11.3 Å². The first kappa shape index (κ1) is 20.4. The third-order valence-corrected chi connectivity index (χ3v) is 7.65. The molecule has 0 bridgehead atoms. The van der Waals surface area contributed by atoms with E-state index in [2.05, 4.69) is 66.0 Å². The van der Waals surface area contributed by atoms with Crippen LogP contribution >= 0.6 is 22.9 Å². The summed E-state index contributed by atoms with van der Waals surface area (Å²) in [4.78, 5) is 12.6. The number of fused-ring (bicyclic) bond motifs is 3. The van der Waals surface area contributed by atoms with Crippen molar-refractivity contribution in [2.24, 2.45) is 0 Å². The van der Waals surface area contributed by atoms with Gasteiger partial charge in [-0.3, -0.25) is 0 Å². The number of nitrogens with zero attached hydrogens (tertiary/aromatic N) is 2. The van der Waals surface area contributed by atoms with Crippen LogP contribution in [0.5, 0.6) is 0 Å². The molecule has 5 heteroatoms. The lowest BCUT2D eigenvalue weighted by Gasteiger charge is -2.21. The quantitative estimate of drug-likeness (QED) is 0.287.